The molecule has 2 heterocycles. The van der Waals surface area contributed by atoms with Crippen LogP contribution >= 0.6 is 0 Å². The topological polar surface area (TPSA) is 71.1 Å². The summed E-state index contributed by atoms with van der Waals surface area (Å²) in [4.78, 5) is 29.9. The molecule has 2 aromatic heterocycles. The number of rotatable bonds is 5. The predicted octanol–water partition coefficient (Wildman–Crippen LogP) is 4.08. The van der Waals surface area contributed by atoms with E-state index in [1.165, 1.54) is 29.3 Å². The van der Waals surface area contributed by atoms with Crippen molar-refractivity contribution in [3.05, 3.63) is 111 Å². The summed E-state index contributed by atoms with van der Waals surface area (Å²) < 4.78 is 24.3. The minimum Gasteiger partial charge on any atom is -0.425 e. The molecule has 0 aliphatic rings. The minimum atomic E-state index is -0.531. The molecule has 5 rings (SSSR count). The minimum absolute atomic E-state index is 0.00799. The molecule has 0 aliphatic carbocycles. The van der Waals surface area contributed by atoms with Gasteiger partial charge in [-0.2, -0.15) is 4.98 Å². The van der Waals surface area contributed by atoms with Crippen molar-refractivity contribution in [1.82, 2.24) is 18.7 Å². The highest BCUT2D eigenvalue weighted by Gasteiger charge is 2.21. The molecule has 0 bridgehead atoms. The maximum atomic E-state index is 14.5. The van der Waals surface area contributed by atoms with Crippen LogP contribution in [0.4, 0.5) is 4.39 Å². The van der Waals surface area contributed by atoms with Crippen LogP contribution in [0.5, 0.6) is 11.8 Å². The lowest BCUT2D eigenvalue weighted by molar-refractivity contribution is 0.419. The number of fused-ring (bicyclic) bond motifs is 1. The van der Waals surface area contributed by atoms with Gasteiger partial charge in [0.25, 0.3) is 5.56 Å². The van der Waals surface area contributed by atoms with E-state index in [1.54, 1.807) is 30.3 Å². The van der Waals surface area contributed by atoms with E-state index in [-0.39, 0.29) is 23.7 Å². The van der Waals surface area contributed by atoms with E-state index in [4.69, 9.17) is 4.74 Å². The third kappa shape index (κ3) is 3.69. The number of ether oxygens (including phenoxy) is 1. The van der Waals surface area contributed by atoms with E-state index in [9.17, 15) is 14.0 Å². The van der Waals surface area contributed by atoms with Crippen LogP contribution in [0.25, 0.3) is 22.3 Å². The Morgan fingerprint density at radius 2 is 1.47 bits per heavy atom. The summed E-state index contributed by atoms with van der Waals surface area (Å²) >= 11 is 0. The highest BCUT2D eigenvalue weighted by molar-refractivity contribution is 5.72. The van der Waals surface area contributed by atoms with Gasteiger partial charge in [0.15, 0.2) is 11.2 Å². The summed E-state index contributed by atoms with van der Waals surface area (Å²) in [6.07, 6.45) is 0. The first-order chi connectivity index (χ1) is 16.4. The first-order valence-corrected chi connectivity index (χ1v) is 10.7. The first-order valence-electron chi connectivity index (χ1n) is 10.7. The zero-order chi connectivity index (χ0) is 23.8. The largest absolute Gasteiger partial charge is 0.425 e. The smallest absolute Gasteiger partial charge is 0.332 e. The Balaban J connectivity index is 1.62. The highest BCUT2D eigenvalue weighted by atomic mass is 19.1. The maximum Gasteiger partial charge on any atom is 0.332 e. The SMILES string of the molecule is Cn1c(=O)c2c(nc(Oc3ccc(-c4ccccc4)cc3)n2Cc2ccccc2F)n(C)c1=O. The Labute approximate surface area is 193 Å². The molecule has 0 saturated carbocycles. The van der Waals surface area contributed by atoms with Gasteiger partial charge in [0, 0.05) is 19.7 Å². The Morgan fingerprint density at radius 1 is 0.824 bits per heavy atom. The summed E-state index contributed by atoms with van der Waals surface area (Å²) in [5.41, 5.74) is 1.73. The van der Waals surface area contributed by atoms with Crippen molar-refractivity contribution >= 4 is 11.2 Å². The zero-order valence-electron chi connectivity index (χ0n) is 18.6. The van der Waals surface area contributed by atoms with E-state index >= 15 is 0 Å². The molecular formula is C26H21FN4O3. The molecule has 0 fully saturated rings. The normalized spacial score (nSPS) is 11.1. The molecule has 7 nitrogen and oxygen atoms in total. The number of aromatic nitrogens is 4. The predicted molar refractivity (Wildman–Crippen MR) is 128 cm³/mol. The molecule has 8 heteroatoms. The number of nitrogens with zero attached hydrogens (tertiary/aromatic N) is 4. The molecule has 0 N–H and O–H groups in total. The van der Waals surface area contributed by atoms with E-state index in [1.807, 2.05) is 42.5 Å². The van der Waals surface area contributed by atoms with Crippen LogP contribution in [0.2, 0.25) is 0 Å². The lowest BCUT2D eigenvalue weighted by atomic mass is 10.1. The Kier molecular flexibility index (Phi) is 5.33. The van der Waals surface area contributed by atoms with Crippen molar-refractivity contribution in [3.8, 4) is 22.9 Å². The molecule has 0 amide bonds. The van der Waals surface area contributed by atoms with Gasteiger partial charge >= 0.3 is 11.7 Å². The second-order valence-corrected chi connectivity index (χ2v) is 7.94. The van der Waals surface area contributed by atoms with E-state index in [0.29, 0.717) is 11.3 Å². The van der Waals surface area contributed by atoms with Gasteiger partial charge in [-0.3, -0.25) is 18.5 Å². The van der Waals surface area contributed by atoms with Gasteiger partial charge < -0.3 is 4.74 Å². The van der Waals surface area contributed by atoms with Gasteiger partial charge in [-0.15, -0.1) is 0 Å². The number of halogens is 1. The Morgan fingerprint density at radius 3 is 2.18 bits per heavy atom. The second-order valence-electron chi connectivity index (χ2n) is 7.94. The van der Waals surface area contributed by atoms with Gasteiger partial charge in [-0.25, -0.2) is 9.18 Å². The number of hydrogen-bond donors (Lipinski definition) is 0. The first kappa shape index (κ1) is 21.4. The number of hydrogen-bond acceptors (Lipinski definition) is 4. The average molecular weight is 456 g/mol. The summed E-state index contributed by atoms with van der Waals surface area (Å²) in [5, 5.41) is 0. The van der Waals surface area contributed by atoms with Crippen LogP contribution in [-0.4, -0.2) is 18.7 Å². The van der Waals surface area contributed by atoms with Gasteiger partial charge in [0.2, 0.25) is 0 Å². The van der Waals surface area contributed by atoms with Crippen LogP contribution < -0.4 is 16.0 Å². The third-order valence-electron chi connectivity index (χ3n) is 5.77. The molecule has 3 aromatic carbocycles. The summed E-state index contributed by atoms with van der Waals surface area (Å²) in [6, 6.07) is 23.7. The molecule has 34 heavy (non-hydrogen) atoms. The van der Waals surface area contributed by atoms with Crippen LogP contribution in [0.1, 0.15) is 5.56 Å². The van der Waals surface area contributed by atoms with E-state index < -0.39 is 17.1 Å². The molecule has 0 aliphatic heterocycles. The van der Waals surface area contributed by atoms with Crippen molar-refractivity contribution in [2.75, 3.05) is 0 Å². The molecule has 0 spiro atoms. The molecule has 0 unspecified atom stereocenters. The molecule has 0 radical (unpaired) electrons. The summed E-state index contributed by atoms with van der Waals surface area (Å²) in [7, 11) is 2.93. The second kappa shape index (κ2) is 8.47. The lowest BCUT2D eigenvalue weighted by Crippen LogP contribution is -2.37. The number of aryl methyl sites for hydroxylation is 1. The summed E-state index contributed by atoms with van der Waals surface area (Å²) in [6.45, 7) is 0.00799. The standard InChI is InChI=1S/C26H21FN4O3/c1-29-23-22(24(32)30(2)26(29)33)31(16-19-10-6-7-11-21(19)27)25(28-23)34-20-14-12-18(13-15-20)17-8-4-3-5-9-17/h3-15H,16H2,1-2H3. The van der Waals surface area contributed by atoms with Gasteiger partial charge in [-0.05, 0) is 29.3 Å². The maximum absolute atomic E-state index is 14.5. The number of imidazole rings is 1. The highest BCUT2D eigenvalue weighted by Crippen LogP contribution is 2.28. The fraction of sp³-hybridized carbons (Fsp3) is 0.115. The number of benzene rings is 3. The van der Waals surface area contributed by atoms with Crippen molar-refractivity contribution in [2.45, 2.75) is 6.54 Å². The van der Waals surface area contributed by atoms with Crippen LogP contribution in [0.15, 0.2) is 88.5 Å². The van der Waals surface area contributed by atoms with Crippen molar-refractivity contribution < 1.29 is 9.13 Å². The van der Waals surface area contributed by atoms with Crippen molar-refractivity contribution in [2.24, 2.45) is 14.1 Å². The van der Waals surface area contributed by atoms with Gasteiger partial charge in [0.05, 0.1) is 6.54 Å². The van der Waals surface area contributed by atoms with Crippen LogP contribution in [0, 0.1) is 5.82 Å². The monoisotopic (exact) mass is 456 g/mol. The lowest BCUT2D eigenvalue weighted by Gasteiger charge is -2.11. The summed E-state index contributed by atoms with van der Waals surface area (Å²) in [5.74, 6) is 0.0794. The van der Waals surface area contributed by atoms with Crippen LogP contribution in [0.3, 0.4) is 0 Å². The fourth-order valence-electron chi connectivity index (χ4n) is 3.90. The molecule has 0 saturated heterocycles. The van der Waals surface area contributed by atoms with Gasteiger partial charge in [-0.1, -0.05) is 60.7 Å². The quantitative estimate of drug-likeness (QED) is 0.400. The van der Waals surface area contributed by atoms with Gasteiger partial charge in [0.1, 0.15) is 11.6 Å². The van der Waals surface area contributed by atoms with E-state index in [0.717, 1.165) is 15.7 Å². The third-order valence-corrected chi connectivity index (χ3v) is 5.77. The van der Waals surface area contributed by atoms with E-state index in [2.05, 4.69) is 4.98 Å². The molecule has 5 aromatic rings. The Bertz CT molecular complexity index is 1620. The zero-order valence-corrected chi connectivity index (χ0v) is 18.6. The Hall–Kier alpha value is -4.46. The van der Waals surface area contributed by atoms with Crippen molar-refractivity contribution in [1.29, 1.82) is 0 Å². The average Bonchev–Trinajstić information content (AvgIpc) is 3.21. The molecular weight excluding hydrogens is 435 g/mol. The van der Waals surface area contributed by atoms with Crippen molar-refractivity contribution in [3.63, 3.8) is 0 Å². The fourth-order valence-corrected chi connectivity index (χ4v) is 3.90. The van der Waals surface area contributed by atoms with Crippen LogP contribution in [-0.2, 0) is 20.6 Å². The molecule has 170 valence electrons. The molecule has 0 atom stereocenters.